The van der Waals surface area contributed by atoms with Crippen molar-refractivity contribution in [1.29, 1.82) is 0 Å². The van der Waals surface area contributed by atoms with Gasteiger partial charge in [-0.2, -0.15) is 0 Å². The third-order valence-electron chi connectivity index (χ3n) is 5.28. The summed E-state index contributed by atoms with van der Waals surface area (Å²) >= 11 is 0. The van der Waals surface area contributed by atoms with Crippen LogP contribution in [0.15, 0.2) is 42.0 Å². The molecule has 0 saturated carbocycles. The van der Waals surface area contributed by atoms with Crippen LogP contribution >= 0.6 is 0 Å². The third-order valence-corrected chi connectivity index (χ3v) is 5.28. The molecule has 0 spiro atoms. The van der Waals surface area contributed by atoms with Crippen molar-refractivity contribution in [3.8, 4) is 0 Å². The molecular formula is C23H30N2O. The maximum absolute atomic E-state index is 12.2. The second kappa shape index (κ2) is 8.05. The van der Waals surface area contributed by atoms with Crippen molar-refractivity contribution in [3.63, 3.8) is 0 Å². The van der Waals surface area contributed by atoms with Crippen molar-refractivity contribution < 1.29 is 4.79 Å². The summed E-state index contributed by atoms with van der Waals surface area (Å²) in [6.07, 6.45) is 9.57. The van der Waals surface area contributed by atoms with Crippen LogP contribution in [0.2, 0.25) is 0 Å². The minimum atomic E-state index is -0.367. The molecule has 0 radical (unpaired) electrons. The number of rotatable bonds is 7. The Bertz CT molecular complexity index is 815. The first-order valence-electron chi connectivity index (χ1n) is 9.83. The second-order valence-corrected chi connectivity index (χ2v) is 7.79. The number of hydrazine groups is 1. The van der Waals surface area contributed by atoms with E-state index in [0.29, 0.717) is 0 Å². The van der Waals surface area contributed by atoms with Gasteiger partial charge < -0.3 is 0 Å². The Morgan fingerprint density at radius 3 is 2.42 bits per heavy atom. The summed E-state index contributed by atoms with van der Waals surface area (Å²) in [6, 6.07) is 12.9. The van der Waals surface area contributed by atoms with Gasteiger partial charge in [0, 0.05) is 5.57 Å². The van der Waals surface area contributed by atoms with Crippen LogP contribution < -0.4 is 10.9 Å². The lowest BCUT2D eigenvalue weighted by atomic mass is 9.90. The van der Waals surface area contributed by atoms with E-state index in [2.05, 4.69) is 60.2 Å². The number of aryl methyl sites for hydroxylation is 1. The van der Waals surface area contributed by atoms with Gasteiger partial charge in [-0.05, 0) is 54.7 Å². The molecule has 0 unspecified atom stereocenters. The van der Waals surface area contributed by atoms with E-state index in [9.17, 15) is 4.79 Å². The number of hydrogen-bond acceptors (Lipinski definition) is 2. The number of nitrogens with one attached hydrogen (secondary N) is 2. The summed E-state index contributed by atoms with van der Waals surface area (Å²) in [5, 5.41) is 2.53. The van der Waals surface area contributed by atoms with Crippen molar-refractivity contribution in [2.45, 2.75) is 64.8 Å². The highest BCUT2D eigenvalue weighted by Gasteiger charge is 2.35. The zero-order chi connectivity index (χ0) is 18.6. The van der Waals surface area contributed by atoms with Crippen molar-refractivity contribution in [2.24, 2.45) is 0 Å². The number of amides is 1. The lowest BCUT2D eigenvalue weighted by molar-refractivity contribution is -0.116. The zero-order valence-electron chi connectivity index (χ0n) is 16.2. The van der Waals surface area contributed by atoms with Gasteiger partial charge in [0.05, 0.1) is 5.54 Å². The van der Waals surface area contributed by atoms with E-state index in [4.69, 9.17) is 0 Å². The normalized spacial score (nSPS) is 17.8. The molecule has 1 aliphatic heterocycles. The van der Waals surface area contributed by atoms with Gasteiger partial charge in [0.25, 0.3) is 5.91 Å². The van der Waals surface area contributed by atoms with Crippen LogP contribution in [-0.2, 0) is 11.2 Å². The van der Waals surface area contributed by atoms with Crippen LogP contribution in [0.4, 0.5) is 0 Å². The Morgan fingerprint density at radius 1 is 1.00 bits per heavy atom. The molecule has 3 rings (SSSR count). The number of unbranched alkanes of at least 4 members (excludes halogenated alkanes) is 4. The van der Waals surface area contributed by atoms with Crippen LogP contribution in [0.3, 0.4) is 0 Å². The number of carbonyl (C=O) groups is 1. The number of benzene rings is 2. The SMILES string of the molecule is CCCCCCCc1cccc2cccc(/C=C3\C(=O)NNC3(C)C)c12. The fourth-order valence-electron chi connectivity index (χ4n) is 3.73. The van der Waals surface area contributed by atoms with Gasteiger partial charge in [-0.25, -0.2) is 5.43 Å². The average molecular weight is 351 g/mol. The van der Waals surface area contributed by atoms with Gasteiger partial charge in [-0.1, -0.05) is 69.0 Å². The van der Waals surface area contributed by atoms with Gasteiger partial charge in [-0.3, -0.25) is 10.2 Å². The summed E-state index contributed by atoms with van der Waals surface area (Å²) in [5.41, 5.74) is 8.74. The molecule has 0 bridgehead atoms. The summed E-state index contributed by atoms with van der Waals surface area (Å²) < 4.78 is 0. The predicted octanol–water partition coefficient (Wildman–Crippen LogP) is 5.15. The fourth-order valence-corrected chi connectivity index (χ4v) is 3.73. The molecule has 0 aliphatic carbocycles. The third kappa shape index (κ3) is 3.99. The van der Waals surface area contributed by atoms with Crippen molar-refractivity contribution >= 4 is 22.8 Å². The molecule has 3 nitrogen and oxygen atoms in total. The first-order chi connectivity index (χ1) is 12.5. The maximum atomic E-state index is 12.2. The van der Waals surface area contributed by atoms with Crippen LogP contribution in [0.25, 0.3) is 16.8 Å². The van der Waals surface area contributed by atoms with Gasteiger partial charge in [0.1, 0.15) is 0 Å². The average Bonchev–Trinajstić information content (AvgIpc) is 2.88. The number of hydrogen-bond donors (Lipinski definition) is 2. The molecule has 0 aromatic heterocycles. The first-order valence-corrected chi connectivity index (χ1v) is 9.83. The Hall–Kier alpha value is -2.13. The van der Waals surface area contributed by atoms with Gasteiger partial charge >= 0.3 is 0 Å². The number of carbonyl (C=O) groups excluding carboxylic acids is 1. The van der Waals surface area contributed by atoms with Crippen molar-refractivity contribution in [2.75, 3.05) is 0 Å². The molecule has 2 aromatic carbocycles. The van der Waals surface area contributed by atoms with E-state index >= 15 is 0 Å². The summed E-state index contributed by atoms with van der Waals surface area (Å²) in [5.74, 6) is -0.0379. The zero-order valence-corrected chi connectivity index (χ0v) is 16.2. The molecule has 1 fully saturated rings. The Labute approximate surface area is 156 Å². The topological polar surface area (TPSA) is 41.1 Å². The van der Waals surface area contributed by atoms with E-state index in [0.717, 1.165) is 17.6 Å². The molecule has 1 heterocycles. The van der Waals surface area contributed by atoms with Crippen LogP contribution in [0.1, 0.15) is 64.0 Å². The van der Waals surface area contributed by atoms with Crippen LogP contribution in [0.5, 0.6) is 0 Å². The van der Waals surface area contributed by atoms with E-state index < -0.39 is 0 Å². The Morgan fingerprint density at radius 2 is 1.73 bits per heavy atom. The highest BCUT2D eigenvalue weighted by Crippen LogP contribution is 2.29. The van der Waals surface area contributed by atoms with E-state index in [1.54, 1.807) is 0 Å². The Balaban J connectivity index is 1.95. The van der Waals surface area contributed by atoms with Crippen LogP contribution in [0, 0.1) is 0 Å². The molecule has 2 N–H and O–H groups in total. The van der Waals surface area contributed by atoms with Gasteiger partial charge in [0.2, 0.25) is 0 Å². The molecule has 2 aromatic rings. The smallest absolute Gasteiger partial charge is 0.263 e. The highest BCUT2D eigenvalue weighted by atomic mass is 16.2. The summed E-state index contributed by atoms with van der Waals surface area (Å²) in [7, 11) is 0. The standard InChI is InChI=1S/C23H30N2O/c1-4-5-6-7-8-11-17-12-9-13-18-14-10-15-19(21(17)18)16-20-22(26)24-25-23(20,2)3/h9-10,12-16,25H,4-8,11H2,1-3H3,(H,24,26)/b20-16+. The minimum Gasteiger partial charge on any atom is -0.287 e. The highest BCUT2D eigenvalue weighted by molar-refractivity contribution is 6.04. The van der Waals surface area contributed by atoms with Gasteiger partial charge in [-0.15, -0.1) is 0 Å². The monoisotopic (exact) mass is 350 g/mol. The minimum absolute atomic E-state index is 0.0379. The van der Waals surface area contributed by atoms with E-state index in [-0.39, 0.29) is 11.4 Å². The van der Waals surface area contributed by atoms with E-state index in [1.165, 1.54) is 48.4 Å². The van der Waals surface area contributed by atoms with Gasteiger partial charge in [0.15, 0.2) is 0 Å². The quantitative estimate of drug-likeness (QED) is 0.535. The van der Waals surface area contributed by atoms with E-state index in [1.807, 2.05) is 13.8 Å². The molecule has 3 heteroatoms. The van der Waals surface area contributed by atoms with Crippen molar-refractivity contribution in [1.82, 2.24) is 10.9 Å². The predicted molar refractivity (Wildman–Crippen MR) is 110 cm³/mol. The molecule has 1 saturated heterocycles. The number of fused-ring (bicyclic) bond motifs is 1. The second-order valence-electron chi connectivity index (χ2n) is 7.79. The molecule has 1 amide bonds. The summed E-state index contributed by atoms with van der Waals surface area (Å²) in [6.45, 7) is 6.30. The fraction of sp³-hybridized carbons (Fsp3) is 0.435. The molecule has 26 heavy (non-hydrogen) atoms. The summed E-state index contributed by atoms with van der Waals surface area (Å²) in [4.78, 5) is 12.2. The lowest BCUT2D eigenvalue weighted by Crippen LogP contribution is -2.38. The molecule has 0 atom stereocenters. The molecular weight excluding hydrogens is 320 g/mol. The largest absolute Gasteiger partial charge is 0.287 e. The molecule has 138 valence electrons. The Kier molecular flexibility index (Phi) is 5.77. The molecule has 1 aliphatic rings. The van der Waals surface area contributed by atoms with Crippen molar-refractivity contribution in [3.05, 3.63) is 53.1 Å². The first kappa shape index (κ1) is 18.7. The maximum Gasteiger partial charge on any atom is 0.263 e. The van der Waals surface area contributed by atoms with Crippen LogP contribution in [-0.4, -0.2) is 11.4 Å². The lowest BCUT2D eigenvalue weighted by Gasteiger charge is -2.17.